The van der Waals surface area contributed by atoms with Crippen LogP contribution >= 0.6 is 0 Å². The summed E-state index contributed by atoms with van der Waals surface area (Å²) >= 11 is 0. The monoisotopic (exact) mass is 322 g/mol. The molecular weight excluding hydrogens is 304 g/mol. The minimum atomic E-state index is -0.453. The third kappa shape index (κ3) is 3.17. The summed E-state index contributed by atoms with van der Waals surface area (Å²) in [5, 5.41) is 4.40. The molecular formula is C18H18N4O2. The Hall–Kier alpha value is -3.02. The van der Waals surface area contributed by atoms with Gasteiger partial charge in [-0.1, -0.05) is 0 Å². The summed E-state index contributed by atoms with van der Waals surface area (Å²) in [4.78, 5) is 20.8. The van der Waals surface area contributed by atoms with E-state index in [1.807, 2.05) is 38.1 Å². The number of hydrogen-bond donors (Lipinski definition) is 0. The highest BCUT2D eigenvalue weighted by Crippen LogP contribution is 2.23. The van der Waals surface area contributed by atoms with Crippen molar-refractivity contribution in [2.45, 2.75) is 20.8 Å². The minimum absolute atomic E-state index is 0.246. The fraction of sp³-hybridized carbons (Fsp3) is 0.222. The Kier molecular flexibility index (Phi) is 4.37. The molecule has 0 bridgehead atoms. The van der Waals surface area contributed by atoms with Gasteiger partial charge in [-0.05, 0) is 50.6 Å². The number of hydrogen-bond acceptors (Lipinski definition) is 5. The van der Waals surface area contributed by atoms with E-state index in [1.54, 1.807) is 30.1 Å². The zero-order chi connectivity index (χ0) is 17.1. The highest BCUT2D eigenvalue weighted by Gasteiger charge is 2.18. The van der Waals surface area contributed by atoms with Crippen molar-refractivity contribution in [1.29, 1.82) is 0 Å². The Morgan fingerprint density at radius 2 is 2.00 bits per heavy atom. The topological polar surface area (TPSA) is 69.9 Å². The molecule has 6 nitrogen and oxygen atoms in total. The number of aryl methyl sites for hydroxylation is 2. The lowest BCUT2D eigenvalue weighted by Gasteiger charge is -2.07. The van der Waals surface area contributed by atoms with Crippen molar-refractivity contribution in [3.8, 4) is 17.1 Å². The fourth-order valence-corrected chi connectivity index (χ4v) is 2.33. The molecule has 3 rings (SSSR count). The molecule has 24 heavy (non-hydrogen) atoms. The van der Waals surface area contributed by atoms with Crippen molar-refractivity contribution >= 4 is 5.97 Å². The fourth-order valence-electron chi connectivity index (χ4n) is 2.33. The van der Waals surface area contributed by atoms with Gasteiger partial charge in [-0.25, -0.2) is 9.48 Å². The molecule has 6 heteroatoms. The van der Waals surface area contributed by atoms with Crippen molar-refractivity contribution in [2.75, 3.05) is 6.61 Å². The molecule has 0 aliphatic rings. The maximum atomic E-state index is 12.1. The lowest BCUT2D eigenvalue weighted by molar-refractivity contribution is 0.0519. The molecule has 0 unspecified atom stereocenters. The van der Waals surface area contributed by atoms with E-state index in [2.05, 4.69) is 15.1 Å². The number of esters is 1. The molecule has 122 valence electrons. The molecule has 0 atom stereocenters. The highest BCUT2D eigenvalue weighted by molar-refractivity contribution is 5.88. The quantitative estimate of drug-likeness (QED) is 0.690. The molecule has 0 amide bonds. The van der Waals surface area contributed by atoms with E-state index in [-0.39, 0.29) is 5.69 Å². The minimum Gasteiger partial charge on any atom is -0.461 e. The van der Waals surface area contributed by atoms with Crippen LogP contribution in [-0.2, 0) is 4.74 Å². The predicted molar refractivity (Wildman–Crippen MR) is 90.0 cm³/mol. The number of aromatic nitrogens is 4. The Balaban J connectivity index is 2.14. The molecule has 0 saturated carbocycles. The van der Waals surface area contributed by atoms with Crippen molar-refractivity contribution in [3.63, 3.8) is 0 Å². The summed E-state index contributed by atoms with van der Waals surface area (Å²) in [7, 11) is 0. The average molecular weight is 322 g/mol. The van der Waals surface area contributed by atoms with Gasteiger partial charge in [-0.15, -0.1) is 0 Å². The maximum absolute atomic E-state index is 12.1. The van der Waals surface area contributed by atoms with Gasteiger partial charge in [0.2, 0.25) is 0 Å². The molecule has 0 saturated heterocycles. The number of carbonyl (C=O) groups excluding carboxylic acids is 1. The van der Waals surface area contributed by atoms with Crippen LogP contribution in [0.2, 0.25) is 0 Å². The lowest BCUT2D eigenvalue weighted by Crippen LogP contribution is -2.07. The van der Waals surface area contributed by atoms with Gasteiger partial charge < -0.3 is 4.74 Å². The van der Waals surface area contributed by atoms with Crippen LogP contribution in [-0.4, -0.2) is 32.3 Å². The first-order chi connectivity index (χ1) is 11.6. The van der Waals surface area contributed by atoms with Gasteiger partial charge >= 0.3 is 5.97 Å². The van der Waals surface area contributed by atoms with E-state index in [9.17, 15) is 4.79 Å². The van der Waals surface area contributed by atoms with E-state index < -0.39 is 5.97 Å². The second kappa shape index (κ2) is 6.62. The van der Waals surface area contributed by atoms with Gasteiger partial charge in [0.25, 0.3) is 0 Å². The van der Waals surface area contributed by atoms with Crippen LogP contribution in [0.15, 0.2) is 42.7 Å². The third-order valence-electron chi connectivity index (χ3n) is 3.51. The molecule has 0 aliphatic heterocycles. The zero-order valence-electron chi connectivity index (χ0n) is 13.9. The van der Waals surface area contributed by atoms with E-state index >= 15 is 0 Å². The standard InChI is InChI=1S/C18H18N4O2/c1-4-24-18(23)16-10-17(15-9-12(2)7-8-19-15)22(21-16)14-6-5-13(3)20-11-14/h5-11H,4H2,1-3H3. The first kappa shape index (κ1) is 15.9. The largest absolute Gasteiger partial charge is 0.461 e. The Bertz CT molecular complexity index is 869. The number of nitrogens with zero attached hydrogens (tertiary/aromatic N) is 4. The van der Waals surface area contributed by atoms with Crippen LogP contribution in [0, 0.1) is 13.8 Å². The van der Waals surface area contributed by atoms with Crippen LogP contribution in [0.25, 0.3) is 17.1 Å². The molecule has 3 aromatic rings. The normalized spacial score (nSPS) is 10.6. The molecule has 0 aliphatic carbocycles. The van der Waals surface area contributed by atoms with Gasteiger partial charge in [0.15, 0.2) is 5.69 Å². The van der Waals surface area contributed by atoms with Crippen LogP contribution in [0.5, 0.6) is 0 Å². The SMILES string of the molecule is CCOC(=O)c1cc(-c2cc(C)ccn2)n(-c2ccc(C)nc2)n1. The first-order valence-corrected chi connectivity index (χ1v) is 7.71. The van der Waals surface area contributed by atoms with E-state index in [4.69, 9.17) is 4.74 Å². The van der Waals surface area contributed by atoms with Crippen molar-refractivity contribution in [3.05, 3.63) is 59.7 Å². The third-order valence-corrected chi connectivity index (χ3v) is 3.51. The highest BCUT2D eigenvalue weighted by atomic mass is 16.5. The summed E-state index contributed by atoms with van der Waals surface area (Å²) in [5.74, 6) is -0.453. The Labute approximate surface area is 140 Å². The van der Waals surface area contributed by atoms with Crippen LogP contribution < -0.4 is 0 Å². The summed E-state index contributed by atoms with van der Waals surface area (Å²) in [6.07, 6.45) is 3.45. The van der Waals surface area contributed by atoms with Crippen LogP contribution in [0.1, 0.15) is 28.7 Å². The second-order valence-electron chi connectivity index (χ2n) is 5.42. The Morgan fingerprint density at radius 1 is 1.17 bits per heavy atom. The lowest BCUT2D eigenvalue weighted by atomic mass is 10.2. The summed E-state index contributed by atoms with van der Waals surface area (Å²) in [5.41, 5.74) is 4.44. The average Bonchev–Trinajstić information content (AvgIpc) is 3.01. The molecule has 3 heterocycles. The van der Waals surface area contributed by atoms with Crippen LogP contribution in [0.4, 0.5) is 0 Å². The van der Waals surface area contributed by atoms with E-state index in [0.717, 1.165) is 22.6 Å². The zero-order valence-corrected chi connectivity index (χ0v) is 13.9. The smallest absolute Gasteiger partial charge is 0.358 e. The van der Waals surface area contributed by atoms with E-state index in [0.29, 0.717) is 12.3 Å². The number of pyridine rings is 2. The summed E-state index contributed by atoms with van der Waals surface area (Å²) in [6, 6.07) is 9.37. The van der Waals surface area contributed by atoms with Crippen molar-refractivity contribution < 1.29 is 9.53 Å². The molecule has 0 fully saturated rings. The van der Waals surface area contributed by atoms with Gasteiger partial charge in [-0.3, -0.25) is 9.97 Å². The molecule has 0 N–H and O–H groups in total. The van der Waals surface area contributed by atoms with Crippen LogP contribution in [0.3, 0.4) is 0 Å². The van der Waals surface area contributed by atoms with Crippen molar-refractivity contribution in [1.82, 2.24) is 19.7 Å². The number of ether oxygens (including phenoxy) is 1. The first-order valence-electron chi connectivity index (χ1n) is 7.71. The van der Waals surface area contributed by atoms with Gasteiger partial charge in [0, 0.05) is 18.0 Å². The van der Waals surface area contributed by atoms with Gasteiger partial charge in [-0.2, -0.15) is 5.10 Å². The Morgan fingerprint density at radius 3 is 2.67 bits per heavy atom. The molecule has 0 spiro atoms. The molecule has 0 aromatic carbocycles. The number of rotatable bonds is 4. The molecule has 0 radical (unpaired) electrons. The van der Waals surface area contributed by atoms with E-state index in [1.165, 1.54) is 0 Å². The molecule has 3 aromatic heterocycles. The predicted octanol–water partition coefficient (Wildman–Crippen LogP) is 3.12. The van der Waals surface area contributed by atoms with Crippen molar-refractivity contribution in [2.24, 2.45) is 0 Å². The summed E-state index contributed by atoms with van der Waals surface area (Å²) < 4.78 is 6.73. The van der Waals surface area contributed by atoms with Gasteiger partial charge in [0.05, 0.1) is 29.9 Å². The summed E-state index contributed by atoms with van der Waals surface area (Å²) in [6.45, 7) is 5.98. The second-order valence-corrected chi connectivity index (χ2v) is 5.42. The number of carbonyl (C=O) groups is 1. The maximum Gasteiger partial charge on any atom is 0.358 e. The van der Waals surface area contributed by atoms with Gasteiger partial charge in [0.1, 0.15) is 0 Å².